The highest BCUT2D eigenvalue weighted by Gasteiger charge is 2.42. The van der Waals surface area contributed by atoms with Gasteiger partial charge in [-0.15, -0.1) is 0 Å². The van der Waals surface area contributed by atoms with E-state index in [0.29, 0.717) is 25.0 Å². The summed E-state index contributed by atoms with van der Waals surface area (Å²) in [4.78, 5) is 29.5. The highest BCUT2D eigenvalue weighted by atomic mass is 16.5. The van der Waals surface area contributed by atoms with Crippen LogP contribution >= 0.6 is 0 Å². The van der Waals surface area contributed by atoms with E-state index in [2.05, 4.69) is 9.80 Å². The molecule has 0 spiro atoms. The molecule has 3 fully saturated rings. The topological polar surface area (TPSA) is 75.9 Å². The van der Waals surface area contributed by atoms with Crippen molar-refractivity contribution in [2.24, 2.45) is 17.1 Å². The summed E-state index contributed by atoms with van der Waals surface area (Å²) in [6.45, 7) is 4.05. The first-order chi connectivity index (χ1) is 14.0. The maximum Gasteiger partial charge on any atom is 0.225 e. The van der Waals surface area contributed by atoms with Crippen molar-refractivity contribution in [3.05, 3.63) is 0 Å². The van der Waals surface area contributed by atoms with Crippen LogP contribution in [-0.4, -0.2) is 67.6 Å². The Labute approximate surface area is 176 Å². The van der Waals surface area contributed by atoms with E-state index in [-0.39, 0.29) is 5.91 Å². The number of rotatable bonds is 8. The summed E-state index contributed by atoms with van der Waals surface area (Å²) in [7, 11) is 1.68. The molecule has 3 rings (SSSR count). The lowest BCUT2D eigenvalue weighted by atomic mass is 9.76. The van der Waals surface area contributed by atoms with E-state index in [4.69, 9.17) is 10.5 Å². The van der Waals surface area contributed by atoms with Crippen molar-refractivity contribution in [3.63, 3.8) is 0 Å². The van der Waals surface area contributed by atoms with Crippen LogP contribution in [-0.2, 0) is 14.3 Å². The molecule has 6 heteroatoms. The second-order valence-electron chi connectivity index (χ2n) is 9.62. The molecule has 0 aromatic heterocycles. The van der Waals surface area contributed by atoms with Gasteiger partial charge in [0.25, 0.3) is 0 Å². The van der Waals surface area contributed by atoms with Gasteiger partial charge in [0, 0.05) is 45.8 Å². The van der Waals surface area contributed by atoms with Gasteiger partial charge in [-0.3, -0.25) is 14.5 Å². The van der Waals surface area contributed by atoms with Gasteiger partial charge in [0.15, 0.2) is 0 Å². The molecule has 2 N–H and O–H groups in total. The molecule has 2 saturated heterocycles. The third-order valence-corrected chi connectivity index (χ3v) is 7.74. The molecule has 2 heterocycles. The zero-order chi connectivity index (χ0) is 20.7. The number of methoxy groups -OCH3 is 1. The lowest BCUT2D eigenvalue weighted by Gasteiger charge is -2.46. The quantitative estimate of drug-likeness (QED) is 0.671. The smallest absolute Gasteiger partial charge is 0.225 e. The van der Waals surface area contributed by atoms with E-state index in [9.17, 15) is 9.59 Å². The zero-order valence-corrected chi connectivity index (χ0v) is 18.4. The normalized spacial score (nSPS) is 27.8. The lowest BCUT2D eigenvalue weighted by molar-refractivity contribution is -0.135. The van der Waals surface area contributed by atoms with Crippen molar-refractivity contribution in [2.45, 2.75) is 83.1 Å². The molecule has 0 bridgehead atoms. The second kappa shape index (κ2) is 10.8. The number of piperidine rings is 2. The number of primary amides is 1. The summed E-state index contributed by atoms with van der Waals surface area (Å²) in [5.41, 5.74) is 5.36. The Balaban J connectivity index is 1.45. The molecule has 2 aliphatic heterocycles. The maximum absolute atomic E-state index is 12.7. The molecule has 6 nitrogen and oxygen atoms in total. The Kier molecular flexibility index (Phi) is 8.36. The molecule has 0 aromatic rings. The first-order valence-corrected chi connectivity index (χ1v) is 11.8. The molecule has 1 unspecified atom stereocenters. The Morgan fingerprint density at radius 3 is 2.41 bits per heavy atom. The van der Waals surface area contributed by atoms with E-state index in [1.165, 1.54) is 32.1 Å². The van der Waals surface area contributed by atoms with Gasteiger partial charge in [0.1, 0.15) is 0 Å². The Bertz CT molecular complexity index is 541. The Morgan fingerprint density at radius 2 is 1.76 bits per heavy atom. The molecule has 0 radical (unpaired) electrons. The number of nitrogens with two attached hydrogens (primary N) is 1. The fraction of sp³-hybridized carbons (Fsp3) is 0.913. The van der Waals surface area contributed by atoms with Gasteiger partial charge >= 0.3 is 0 Å². The first kappa shape index (κ1) is 22.5. The fourth-order valence-electron chi connectivity index (χ4n) is 5.75. The number of ether oxygens (including phenoxy) is 1. The van der Waals surface area contributed by atoms with E-state index in [1.807, 2.05) is 0 Å². The van der Waals surface area contributed by atoms with Crippen LogP contribution in [0.25, 0.3) is 0 Å². The van der Waals surface area contributed by atoms with E-state index < -0.39 is 5.41 Å². The van der Waals surface area contributed by atoms with Crippen LogP contribution in [0.5, 0.6) is 0 Å². The largest absolute Gasteiger partial charge is 0.385 e. The van der Waals surface area contributed by atoms with Crippen molar-refractivity contribution >= 4 is 11.8 Å². The third kappa shape index (κ3) is 5.94. The SMILES string of the molecule is COCCC1(C(N)=O)CCCN(C2CCN(C(=O)CCC3CCCCC3)CC2)C1. The number of hydrogen-bond acceptors (Lipinski definition) is 4. The van der Waals surface area contributed by atoms with Crippen molar-refractivity contribution in [1.82, 2.24) is 9.80 Å². The van der Waals surface area contributed by atoms with E-state index >= 15 is 0 Å². The molecule has 0 aromatic carbocycles. The molecular formula is C23H41N3O3. The number of nitrogens with zero attached hydrogens (tertiary/aromatic N) is 2. The number of carbonyl (C=O) groups excluding carboxylic acids is 2. The molecule has 1 atom stereocenters. The monoisotopic (exact) mass is 407 g/mol. The van der Waals surface area contributed by atoms with Crippen molar-refractivity contribution in [1.29, 1.82) is 0 Å². The summed E-state index contributed by atoms with van der Waals surface area (Å²) in [5, 5.41) is 0. The van der Waals surface area contributed by atoms with Crippen molar-refractivity contribution in [2.75, 3.05) is 39.9 Å². The van der Waals surface area contributed by atoms with Crippen LogP contribution in [0.1, 0.15) is 77.0 Å². The van der Waals surface area contributed by atoms with Gasteiger partial charge in [-0.1, -0.05) is 32.1 Å². The Morgan fingerprint density at radius 1 is 1.03 bits per heavy atom. The molecular weight excluding hydrogens is 366 g/mol. The molecule has 29 heavy (non-hydrogen) atoms. The minimum atomic E-state index is -0.457. The summed E-state index contributed by atoms with van der Waals surface area (Å²) in [6, 6.07) is 0.457. The summed E-state index contributed by atoms with van der Waals surface area (Å²) < 4.78 is 5.24. The Hall–Kier alpha value is -1.14. The van der Waals surface area contributed by atoms with Gasteiger partial charge in [-0.2, -0.15) is 0 Å². The molecule has 1 saturated carbocycles. The zero-order valence-electron chi connectivity index (χ0n) is 18.4. The van der Waals surface area contributed by atoms with Crippen molar-refractivity contribution < 1.29 is 14.3 Å². The van der Waals surface area contributed by atoms with Crippen LogP contribution in [0, 0.1) is 11.3 Å². The predicted molar refractivity (Wildman–Crippen MR) is 114 cm³/mol. The lowest BCUT2D eigenvalue weighted by Crippen LogP contribution is -2.56. The molecule has 166 valence electrons. The molecule has 3 aliphatic rings. The van der Waals surface area contributed by atoms with Crippen LogP contribution < -0.4 is 5.73 Å². The highest BCUT2D eigenvalue weighted by molar-refractivity contribution is 5.81. The van der Waals surface area contributed by atoms with Gasteiger partial charge in [-0.25, -0.2) is 0 Å². The number of likely N-dealkylation sites (tertiary alicyclic amines) is 2. The molecule has 1 aliphatic carbocycles. The van der Waals surface area contributed by atoms with E-state index in [1.54, 1.807) is 7.11 Å². The van der Waals surface area contributed by atoms with Crippen molar-refractivity contribution in [3.8, 4) is 0 Å². The number of carbonyl (C=O) groups is 2. The minimum absolute atomic E-state index is 0.186. The first-order valence-electron chi connectivity index (χ1n) is 11.8. The average Bonchev–Trinajstić information content (AvgIpc) is 2.77. The predicted octanol–water partition coefficient (Wildman–Crippen LogP) is 2.94. The van der Waals surface area contributed by atoms with Gasteiger partial charge in [0.05, 0.1) is 5.41 Å². The minimum Gasteiger partial charge on any atom is -0.385 e. The number of amides is 2. The summed E-state index contributed by atoms with van der Waals surface area (Å²) in [5.74, 6) is 0.932. The second-order valence-corrected chi connectivity index (χ2v) is 9.62. The summed E-state index contributed by atoms with van der Waals surface area (Å²) in [6.07, 6.45) is 13.1. The summed E-state index contributed by atoms with van der Waals surface area (Å²) >= 11 is 0. The van der Waals surface area contributed by atoms with Gasteiger partial charge < -0.3 is 15.4 Å². The average molecular weight is 408 g/mol. The van der Waals surface area contributed by atoms with Crippen LogP contribution in [0.15, 0.2) is 0 Å². The van der Waals surface area contributed by atoms with Gasteiger partial charge in [-0.05, 0) is 51.0 Å². The third-order valence-electron chi connectivity index (χ3n) is 7.74. The van der Waals surface area contributed by atoms with Crippen LogP contribution in [0.4, 0.5) is 0 Å². The maximum atomic E-state index is 12.7. The number of hydrogen-bond donors (Lipinski definition) is 1. The fourth-order valence-corrected chi connectivity index (χ4v) is 5.75. The highest BCUT2D eigenvalue weighted by Crippen LogP contribution is 2.36. The van der Waals surface area contributed by atoms with E-state index in [0.717, 1.165) is 70.6 Å². The van der Waals surface area contributed by atoms with Crippen LogP contribution in [0.3, 0.4) is 0 Å². The van der Waals surface area contributed by atoms with Gasteiger partial charge in [0.2, 0.25) is 11.8 Å². The van der Waals surface area contributed by atoms with Crippen LogP contribution in [0.2, 0.25) is 0 Å². The standard InChI is InChI=1S/C23H41N3O3/c1-29-17-13-23(22(24)28)12-5-14-26(18-23)20-10-15-25(16-11-20)21(27)9-8-19-6-3-2-4-7-19/h19-20H,2-18H2,1H3,(H2,24,28). The molecule has 2 amide bonds.